The van der Waals surface area contributed by atoms with Crippen molar-refractivity contribution in [2.45, 2.75) is 95.2 Å². The number of benzene rings is 1. The molecule has 8 atom stereocenters. The van der Waals surface area contributed by atoms with E-state index in [0.717, 1.165) is 12.8 Å². The number of aliphatic hydroxyl groups excluding tert-OH is 1. The van der Waals surface area contributed by atoms with E-state index >= 15 is 0 Å². The van der Waals surface area contributed by atoms with Gasteiger partial charge in [0.1, 0.15) is 17.7 Å². The monoisotopic (exact) mass is 609 g/mol. The third-order valence-electron chi connectivity index (χ3n) is 9.26. The van der Waals surface area contributed by atoms with Gasteiger partial charge in [-0.15, -0.1) is 13.2 Å². The Labute approximate surface area is 260 Å². The summed E-state index contributed by atoms with van der Waals surface area (Å²) in [6, 6.07) is 7.15. The summed E-state index contributed by atoms with van der Waals surface area (Å²) >= 11 is 0. The Kier molecular flexibility index (Phi) is 11.0. The highest BCUT2D eigenvalue weighted by Gasteiger charge is 2.75. The molecular weight excluding hydrogens is 562 g/mol. The van der Waals surface area contributed by atoms with Gasteiger partial charge < -0.3 is 29.7 Å². The zero-order valence-electron chi connectivity index (χ0n) is 26.2. The molecule has 1 spiro atoms. The molecule has 240 valence electrons. The van der Waals surface area contributed by atoms with E-state index < -0.39 is 60.2 Å². The van der Waals surface area contributed by atoms with Crippen molar-refractivity contribution >= 4 is 23.7 Å². The van der Waals surface area contributed by atoms with Crippen LogP contribution in [0.25, 0.3) is 0 Å². The van der Waals surface area contributed by atoms with Crippen LogP contribution in [0.15, 0.2) is 55.6 Å². The van der Waals surface area contributed by atoms with Crippen LogP contribution < -0.4 is 5.32 Å². The molecule has 0 aromatic heterocycles. The molecule has 2 N–H and O–H groups in total. The molecule has 44 heavy (non-hydrogen) atoms. The van der Waals surface area contributed by atoms with E-state index in [2.05, 4.69) is 25.4 Å². The van der Waals surface area contributed by atoms with Crippen LogP contribution in [0.3, 0.4) is 0 Å². The number of ether oxygens (including phenoxy) is 2. The number of allylic oxidation sites excluding steroid dienone is 1. The Hall–Kier alpha value is -3.50. The summed E-state index contributed by atoms with van der Waals surface area (Å²) in [7, 11) is 0. The van der Waals surface area contributed by atoms with Crippen molar-refractivity contribution in [3.05, 3.63) is 61.2 Å². The lowest BCUT2D eigenvalue weighted by atomic mass is 9.70. The Morgan fingerprint density at radius 1 is 1.23 bits per heavy atom. The van der Waals surface area contributed by atoms with Gasteiger partial charge in [-0.1, -0.05) is 55.8 Å². The first-order valence-electron chi connectivity index (χ1n) is 15.8. The topological polar surface area (TPSA) is 125 Å². The summed E-state index contributed by atoms with van der Waals surface area (Å²) in [5.41, 5.74) is -0.554. The number of carbonyl (C=O) groups excluding carboxylic acids is 4. The molecule has 0 aliphatic carbocycles. The molecule has 1 aromatic carbocycles. The summed E-state index contributed by atoms with van der Waals surface area (Å²) in [6.45, 7) is 13.2. The normalized spacial score (nSPS) is 27.3. The van der Waals surface area contributed by atoms with Crippen LogP contribution in [0, 0.1) is 11.8 Å². The zero-order valence-corrected chi connectivity index (χ0v) is 26.2. The molecule has 3 aliphatic rings. The fraction of sp³-hybridized carbons (Fsp3) is 0.588. The largest absolute Gasteiger partial charge is 0.460 e. The highest BCUT2D eigenvalue weighted by Crippen LogP contribution is 2.60. The minimum atomic E-state index is -1.24. The van der Waals surface area contributed by atoms with Crippen molar-refractivity contribution in [1.82, 2.24) is 15.1 Å². The Bertz CT molecular complexity index is 1220. The molecule has 0 saturated carbocycles. The van der Waals surface area contributed by atoms with E-state index in [1.807, 2.05) is 37.3 Å². The highest BCUT2D eigenvalue weighted by molar-refractivity contribution is 5.98. The van der Waals surface area contributed by atoms with Crippen molar-refractivity contribution in [2.75, 3.05) is 19.7 Å². The van der Waals surface area contributed by atoms with Crippen LogP contribution in [0.5, 0.6) is 0 Å². The van der Waals surface area contributed by atoms with Crippen molar-refractivity contribution in [3.63, 3.8) is 0 Å². The number of esters is 1. The van der Waals surface area contributed by atoms with Gasteiger partial charge in [-0.05, 0) is 45.1 Å². The van der Waals surface area contributed by atoms with Gasteiger partial charge in [0.2, 0.25) is 17.7 Å². The Morgan fingerprint density at radius 2 is 1.95 bits per heavy atom. The molecule has 3 heterocycles. The quantitative estimate of drug-likeness (QED) is 0.218. The molecule has 1 aromatic rings. The van der Waals surface area contributed by atoms with Gasteiger partial charge in [-0.25, -0.2) is 0 Å². The smallest absolute Gasteiger partial charge is 0.312 e. The molecule has 1 unspecified atom stereocenters. The van der Waals surface area contributed by atoms with Crippen molar-refractivity contribution in [1.29, 1.82) is 0 Å². The van der Waals surface area contributed by atoms with E-state index in [0.29, 0.717) is 37.8 Å². The fourth-order valence-electron chi connectivity index (χ4n) is 7.26. The lowest BCUT2D eigenvalue weighted by molar-refractivity contribution is -0.160. The number of nitrogens with one attached hydrogen (secondary N) is 1. The van der Waals surface area contributed by atoms with Crippen LogP contribution in [-0.2, 0) is 28.7 Å². The predicted octanol–water partition coefficient (Wildman–Crippen LogP) is 3.31. The number of likely N-dealkylation sites (tertiary alicyclic amines) is 1. The van der Waals surface area contributed by atoms with Crippen molar-refractivity contribution < 1.29 is 33.8 Å². The number of rotatable bonds is 16. The first-order valence-corrected chi connectivity index (χ1v) is 15.8. The highest BCUT2D eigenvalue weighted by atomic mass is 16.6. The van der Waals surface area contributed by atoms with Crippen molar-refractivity contribution in [2.24, 2.45) is 11.8 Å². The van der Waals surface area contributed by atoms with Gasteiger partial charge in [0.05, 0.1) is 37.1 Å². The number of carbonyl (C=O) groups is 4. The average molecular weight is 610 g/mol. The molecule has 3 saturated heterocycles. The summed E-state index contributed by atoms with van der Waals surface area (Å²) in [5.74, 6) is -3.29. The molecule has 0 radical (unpaired) electrons. The lowest BCUT2D eigenvalue weighted by Gasteiger charge is -2.41. The number of amides is 3. The van der Waals surface area contributed by atoms with Gasteiger partial charge in [-0.2, -0.15) is 0 Å². The second-order valence-corrected chi connectivity index (χ2v) is 12.2. The van der Waals surface area contributed by atoms with E-state index in [4.69, 9.17) is 9.47 Å². The standard InChI is InChI=1S/C34H47N3O7/c1-6-9-16-27(39)35-20-23(5)43-33(42)28-26-17-18-34(44-26)29(28)31(40)37(25(21-38)24-14-11-10-12-15-24)30(34)32(41)36(19-8-3)22(4)13-7-2/h6,8,10-12,14-15,22-23,25-26,28-30,38H,1,3,7,9,13,16-21H2,2,4-5H3,(H,35,39)/t22?,23-,25+,26+,28-,29-,30+,34-/m0/s1. The summed E-state index contributed by atoms with van der Waals surface area (Å²) in [5, 5.41) is 13.4. The predicted molar refractivity (Wildman–Crippen MR) is 165 cm³/mol. The van der Waals surface area contributed by atoms with Crippen LogP contribution in [-0.4, -0.2) is 88.2 Å². The molecule has 10 heteroatoms. The third kappa shape index (κ3) is 6.33. The maximum atomic E-state index is 14.6. The minimum Gasteiger partial charge on any atom is -0.460 e. The average Bonchev–Trinajstić information content (AvgIpc) is 3.66. The van der Waals surface area contributed by atoms with E-state index in [1.54, 1.807) is 24.0 Å². The number of fused-ring (bicyclic) bond motifs is 1. The molecule has 10 nitrogen and oxygen atoms in total. The van der Waals surface area contributed by atoms with E-state index in [9.17, 15) is 24.3 Å². The number of hydrogen-bond acceptors (Lipinski definition) is 7. The molecule has 3 amide bonds. The number of hydrogen-bond donors (Lipinski definition) is 2. The van der Waals surface area contributed by atoms with Gasteiger partial charge >= 0.3 is 5.97 Å². The van der Waals surface area contributed by atoms with E-state index in [1.165, 1.54) is 4.90 Å². The maximum absolute atomic E-state index is 14.6. The van der Waals surface area contributed by atoms with Gasteiger partial charge in [-0.3, -0.25) is 19.2 Å². The zero-order chi connectivity index (χ0) is 32.0. The van der Waals surface area contributed by atoms with Gasteiger partial charge in [0.25, 0.3) is 0 Å². The lowest BCUT2D eigenvalue weighted by Crippen LogP contribution is -2.58. The molecular formula is C34H47N3O7. The van der Waals surface area contributed by atoms with Crippen LogP contribution in [0.2, 0.25) is 0 Å². The van der Waals surface area contributed by atoms with Crippen LogP contribution in [0.4, 0.5) is 0 Å². The van der Waals surface area contributed by atoms with Crippen LogP contribution >= 0.6 is 0 Å². The molecule has 4 rings (SSSR count). The molecule has 3 fully saturated rings. The van der Waals surface area contributed by atoms with Gasteiger partial charge in [0.15, 0.2) is 0 Å². The number of nitrogens with zero attached hydrogens (tertiary/aromatic N) is 2. The Morgan fingerprint density at radius 3 is 2.59 bits per heavy atom. The maximum Gasteiger partial charge on any atom is 0.312 e. The first-order chi connectivity index (χ1) is 21.1. The Balaban J connectivity index is 1.68. The van der Waals surface area contributed by atoms with Crippen LogP contribution in [0.1, 0.15) is 70.9 Å². The fourth-order valence-corrected chi connectivity index (χ4v) is 7.26. The third-order valence-corrected chi connectivity index (χ3v) is 9.26. The summed E-state index contributed by atoms with van der Waals surface area (Å²) in [6.07, 6.45) is 5.51. The van der Waals surface area contributed by atoms with Gasteiger partial charge in [0, 0.05) is 19.0 Å². The first kappa shape index (κ1) is 33.4. The summed E-state index contributed by atoms with van der Waals surface area (Å²) < 4.78 is 12.3. The number of aliphatic hydroxyl groups is 1. The van der Waals surface area contributed by atoms with Crippen molar-refractivity contribution in [3.8, 4) is 0 Å². The second kappa shape index (κ2) is 14.5. The SMILES string of the molecule is C=CCCC(=O)NC[C@H](C)OC(=O)[C@@H]1[C@H]2C(=O)N([C@H](CO)c3ccccc3)[C@H](C(=O)N(CC=C)C(C)CCC)[C@]23CC[C@H]1O3. The van der Waals surface area contributed by atoms with E-state index in [-0.39, 0.29) is 24.4 Å². The minimum absolute atomic E-state index is 0.121. The second-order valence-electron chi connectivity index (χ2n) is 12.2. The summed E-state index contributed by atoms with van der Waals surface area (Å²) in [4.78, 5) is 58.1. The molecule has 2 bridgehead atoms. The molecule has 3 aliphatic heterocycles.